The number of carbonyl (C=O) groups is 2. The number of aromatic nitrogens is 2. The van der Waals surface area contributed by atoms with Crippen LogP contribution < -0.4 is 4.74 Å². The lowest BCUT2D eigenvalue weighted by Gasteiger charge is -2.12. The van der Waals surface area contributed by atoms with Crippen molar-refractivity contribution >= 4 is 19.6 Å². The van der Waals surface area contributed by atoms with E-state index in [2.05, 4.69) is 9.72 Å². The van der Waals surface area contributed by atoms with Crippen molar-refractivity contribution in [3.63, 3.8) is 0 Å². The van der Waals surface area contributed by atoms with Crippen LogP contribution in [0.4, 0.5) is 26.7 Å². The van der Waals surface area contributed by atoms with Gasteiger partial charge in [-0.25, -0.2) is 18.2 Å². The molecule has 2 radical (unpaired) electrons. The number of hydrogen-bond donors (Lipinski definition) is 0. The highest BCUT2D eigenvalue weighted by Gasteiger charge is 2.29. The van der Waals surface area contributed by atoms with Crippen molar-refractivity contribution in [1.82, 2.24) is 9.55 Å². The van der Waals surface area contributed by atoms with Crippen LogP contribution in [0, 0.1) is 35.0 Å². The van der Waals surface area contributed by atoms with Gasteiger partial charge in [-0.15, -0.1) is 0 Å². The van der Waals surface area contributed by atoms with Crippen LogP contribution >= 0.6 is 0 Å². The molecule has 130 valence electrons. The molecule has 0 saturated carbocycles. The Labute approximate surface area is 138 Å². The summed E-state index contributed by atoms with van der Waals surface area (Å²) in [7, 11) is 5.00. The second-order valence-electron chi connectivity index (χ2n) is 5.04. The Kier molecular flexibility index (Phi) is 5.24. The molecule has 1 heterocycles. The quantitative estimate of drug-likeness (QED) is 0.210. The Hall–Kier alpha value is -2.72. The molecule has 0 spiro atoms. The Morgan fingerprint density at radius 1 is 1.12 bits per heavy atom. The van der Waals surface area contributed by atoms with Crippen LogP contribution in [0.2, 0.25) is 0 Å². The molecule has 1 atom stereocenters. The van der Waals surface area contributed by atoms with Crippen LogP contribution in [0.1, 0.15) is 12.6 Å². The second kappa shape index (κ2) is 7.03. The van der Waals surface area contributed by atoms with Crippen LogP contribution in [-0.4, -0.2) is 29.2 Å². The fraction of sp³-hybridized carbons (Fsp3) is 0.214. The van der Waals surface area contributed by atoms with Crippen molar-refractivity contribution in [2.24, 2.45) is 5.92 Å². The minimum atomic E-state index is -2.36. The highest BCUT2D eigenvalue weighted by molar-refractivity contribution is 6.57. The molecule has 11 heteroatoms. The van der Waals surface area contributed by atoms with E-state index in [9.17, 15) is 31.5 Å². The third-order valence-electron chi connectivity index (χ3n) is 3.18. The summed E-state index contributed by atoms with van der Waals surface area (Å²) in [5.41, 5.74) is 0.223. The monoisotopic (exact) mass is 358 g/mol. The van der Waals surface area contributed by atoms with Gasteiger partial charge in [0.2, 0.25) is 42.7 Å². The zero-order chi connectivity index (χ0) is 18.9. The van der Waals surface area contributed by atoms with E-state index in [4.69, 9.17) is 7.85 Å². The van der Waals surface area contributed by atoms with Gasteiger partial charge in [0.25, 0.3) is 0 Å². The van der Waals surface area contributed by atoms with E-state index < -0.39 is 52.5 Å². The predicted octanol–water partition coefficient (Wildman–Crippen LogP) is 2.50. The molecule has 1 aromatic carbocycles. The summed E-state index contributed by atoms with van der Waals surface area (Å²) in [4.78, 5) is 26.5. The first-order chi connectivity index (χ1) is 11.6. The zero-order valence-electron chi connectivity index (χ0n) is 12.5. The number of hydrogen-bond acceptors (Lipinski definition) is 4. The van der Waals surface area contributed by atoms with Gasteiger partial charge in [0, 0.05) is 12.6 Å². The average molecular weight is 358 g/mol. The number of rotatable bonds is 4. The van der Waals surface area contributed by atoms with Crippen molar-refractivity contribution in [3.8, 4) is 5.75 Å². The number of imidazole rings is 1. The summed E-state index contributed by atoms with van der Waals surface area (Å²) in [6.45, 7) is 1.28. The van der Waals surface area contributed by atoms with Crippen LogP contribution in [0.25, 0.3) is 0 Å². The SMILES string of the molecule is [B]C(=O)n1cnc(CC(C)C(=O)Oc2c(F)c(F)c(F)c(F)c2F)c1. The van der Waals surface area contributed by atoms with Crippen LogP contribution in [0.15, 0.2) is 12.5 Å². The number of benzene rings is 1. The van der Waals surface area contributed by atoms with Crippen LogP contribution in [0.5, 0.6) is 5.75 Å². The molecule has 1 aromatic heterocycles. The van der Waals surface area contributed by atoms with E-state index in [0.717, 1.165) is 10.9 Å². The summed E-state index contributed by atoms with van der Waals surface area (Å²) in [5.74, 6) is -16.1. The summed E-state index contributed by atoms with van der Waals surface area (Å²) in [6, 6.07) is 0. The molecule has 25 heavy (non-hydrogen) atoms. The highest BCUT2D eigenvalue weighted by Crippen LogP contribution is 2.29. The molecule has 5 nitrogen and oxygen atoms in total. The molecule has 1 unspecified atom stereocenters. The normalized spacial score (nSPS) is 12.1. The summed E-state index contributed by atoms with van der Waals surface area (Å²) in [5, 5.41) is 0. The van der Waals surface area contributed by atoms with Crippen LogP contribution in [0.3, 0.4) is 0 Å². The molecule has 2 aromatic rings. The third-order valence-corrected chi connectivity index (χ3v) is 3.18. The van der Waals surface area contributed by atoms with E-state index in [0.29, 0.717) is 0 Å². The lowest BCUT2D eigenvalue weighted by atomic mass is 10.1. The molecule has 0 aliphatic carbocycles. The largest absolute Gasteiger partial charge is 0.420 e. The molecule has 0 N–H and O–H groups in total. The highest BCUT2D eigenvalue weighted by atomic mass is 19.2. The molecule has 0 aliphatic heterocycles. The first kappa shape index (κ1) is 18.6. The number of esters is 1. The number of carbonyl (C=O) groups excluding carboxylic acids is 2. The Bertz CT molecular complexity index is 826. The number of nitrogens with zero attached hydrogens (tertiary/aromatic N) is 2. The fourth-order valence-corrected chi connectivity index (χ4v) is 1.86. The second-order valence-corrected chi connectivity index (χ2v) is 5.04. The Morgan fingerprint density at radius 3 is 2.12 bits per heavy atom. The van der Waals surface area contributed by atoms with Gasteiger partial charge in [0.05, 0.1) is 11.6 Å². The molecule has 0 bridgehead atoms. The number of ether oxygens (including phenoxy) is 1. The lowest BCUT2D eigenvalue weighted by Crippen LogP contribution is -2.22. The maximum absolute atomic E-state index is 13.5. The van der Waals surface area contributed by atoms with Crippen LogP contribution in [-0.2, 0) is 11.2 Å². The maximum Gasteiger partial charge on any atom is 0.314 e. The smallest absolute Gasteiger partial charge is 0.314 e. The van der Waals surface area contributed by atoms with E-state index in [1.165, 1.54) is 13.1 Å². The fourth-order valence-electron chi connectivity index (χ4n) is 1.86. The molecule has 0 saturated heterocycles. The van der Waals surface area contributed by atoms with Crippen molar-refractivity contribution < 1.29 is 36.3 Å². The summed E-state index contributed by atoms with van der Waals surface area (Å²) >= 11 is 0. The summed E-state index contributed by atoms with van der Waals surface area (Å²) in [6.07, 6.45) is 2.17. The van der Waals surface area contributed by atoms with Crippen molar-refractivity contribution in [2.45, 2.75) is 13.3 Å². The number of halogens is 5. The minimum Gasteiger partial charge on any atom is -0.420 e. The minimum absolute atomic E-state index is 0.130. The zero-order valence-corrected chi connectivity index (χ0v) is 12.5. The Morgan fingerprint density at radius 2 is 1.64 bits per heavy atom. The molecule has 0 aliphatic rings. The van der Waals surface area contributed by atoms with Gasteiger partial charge in [-0.2, -0.15) is 8.78 Å². The van der Waals surface area contributed by atoms with Gasteiger partial charge < -0.3 is 4.74 Å². The standard InChI is InChI=1S/C14H8BF5N2O3/c1-5(2-6-3-22(4-21-6)14(15)24)13(23)25-12-10(19)8(17)7(16)9(18)11(12)20/h3-5H,2H2,1H3. The topological polar surface area (TPSA) is 61.2 Å². The molecular weight excluding hydrogens is 350 g/mol. The van der Waals surface area contributed by atoms with E-state index in [1.807, 2.05) is 0 Å². The maximum atomic E-state index is 13.5. The first-order valence-corrected chi connectivity index (χ1v) is 6.69. The summed E-state index contributed by atoms with van der Waals surface area (Å²) < 4.78 is 71.3. The van der Waals surface area contributed by atoms with Crippen molar-refractivity contribution in [1.29, 1.82) is 0 Å². The van der Waals surface area contributed by atoms with E-state index in [-0.39, 0.29) is 12.1 Å². The Balaban J connectivity index is 2.17. The molecule has 0 fully saturated rings. The van der Waals surface area contributed by atoms with Gasteiger partial charge in [0.1, 0.15) is 6.33 Å². The molecule has 2 rings (SSSR count). The third kappa shape index (κ3) is 3.70. The van der Waals surface area contributed by atoms with E-state index >= 15 is 0 Å². The average Bonchev–Trinajstić information content (AvgIpc) is 3.03. The van der Waals surface area contributed by atoms with Crippen molar-refractivity contribution in [3.05, 3.63) is 47.3 Å². The van der Waals surface area contributed by atoms with Gasteiger partial charge >= 0.3 is 5.97 Å². The van der Waals surface area contributed by atoms with Crippen molar-refractivity contribution in [2.75, 3.05) is 0 Å². The van der Waals surface area contributed by atoms with E-state index in [1.54, 1.807) is 0 Å². The van der Waals surface area contributed by atoms with Gasteiger partial charge in [-0.05, 0) is 0 Å². The molecular formula is C14H8BF5N2O3. The van der Waals surface area contributed by atoms with Gasteiger partial charge in [-0.1, -0.05) is 6.92 Å². The van der Waals surface area contributed by atoms with Gasteiger partial charge in [0.15, 0.2) is 5.81 Å². The predicted molar refractivity (Wildman–Crippen MR) is 73.5 cm³/mol. The lowest BCUT2D eigenvalue weighted by molar-refractivity contribution is -0.138. The van der Waals surface area contributed by atoms with Gasteiger partial charge in [-0.3, -0.25) is 14.2 Å². The molecule has 0 amide bonds. The first-order valence-electron chi connectivity index (χ1n) is 6.69.